The van der Waals surface area contributed by atoms with E-state index in [1.807, 2.05) is 26.8 Å². The molecule has 0 radical (unpaired) electrons. The van der Waals surface area contributed by atoms with E-state index >= 15 is 0 Å². The molecule has 0 bridgehead atoms. The molecule has 25 heavy (non-hydrogen) atoms. The van der Waals surface area contributed by atoms with Gasteiger partial charge in [0.15, 0.2) is 0 Å². The Morgan fingerprint density at radius 3 is 2.36 bits per heavy atom. The van der Waals surface area contributed by atoms with E-state index in [9.17, 15) is 4.79 Å². The second-order valence-electron chi connectivity index (χ2n) is 9.12. The van der Waals surface area contributed by atoms with E-state index in [2.05, 4.69) is 46.8 Å². The second kappa shape index (κ2) is 7.35. The van der Waals surface area contributed by atoms with E-state index in [4.69, 9.17) is 4.74 Å². The molecular formula is C23H34O2. The fourth-order valence-electron chi connectivity index (χ4n) is 3.84. The standard InChI is InChI=1S/C23H34O2/c1-14(2)18-10-9-15(3)12-19(18)21-17(5)11-16(4)13-20(21)25-22(24)23(6,7)8/h11-14,18-19H,9-10H2,1-8H3. The smallest absolute Gasteiger partial charge is 0.316 e. The summed E-state index contributed by atoms with van der Waals surface area (Å²) in [5.41, 5.74) is 4.48. The number of benzene rings is 1. The van der Waals surface area contributed by atoms with Gasteiger partial charge in [0.05, 0.1) is 5.41 Å². The predicted molar refractivity (Wildman–Crippen MR) is 105 cm³/mol. The van der Waals surface area contributed by atoms with Crippen LogP contribution in [0.2, 0.25) is 0 Å². The number of rotatable bonds is 3. The summed E-state index contributed by atoms with van der Waals surface area (Å²) in [7, 11) is 0. The number of carbonyl (C=O) groups is 1. The first kappa shape index (κ1) is 19.8. The lowest BCUT2D eigenvalue weighted by Crippen LogP contribution is -2.27. The van der Waals surface area contributed by atoms with Crippen molar-refractivity contribution in [2.75, 3.05) is 0 Å². The monoisotopic (exact) mass is 342 g/mol. The molecule has 1 aromatic rings. The van der Waals surface area contributed by atoms with Crippen LogP contribution in [0.3, 0.4) is 0 Å². The molecule has 0 saturated carbocycles. The third kappa shape index (κ3) is 4.54. The maximum absolute atomic E-state index is 12.5. The van der Waals surface area contributed by atoms with E-state index < -0.39 is 5.41 Å². The summed E-state index contributed by atoms with van der Waals surface area (Å²) in [6.07, 6.45) is 4.77. The van der Waals surface area contributed by atoms with Crippen LogP contribution in [-0.4, -0.2) is 5.97 Å². The molecule has 2 unspecified atom stereocenters. The molecule has 2 rings (SSSR count). The molecular weight excluding hydrogens is 308 g/mol. The Morgan fingerprint density at radius 1 is 1.16 bits per heavy atom. The predicted octanol–water partition coefficient (Wildman–Crippen LogP) is 6.35. The summed E-state index contributed by atoms with van der Waals surface area (Å²) in [6, 6.07) is 4.24. The van der Waals surface area contributed by atoms with Crippen molar-refractivity contribution in [3.8, 4) is 5.75 Å². The lowest BCUT2D eigenvalue weighted by Gasteiger charge is -2.35. The number of hydrogen-bond donors (Lipinski definition) is 0. The van der Waals surface area contributed by atoms with Gasteiger partial charge >= 0.3 is 5.97 Å². The van der Waals surface area contributed by atoms with Gasteiger partial charge in [0.25, 0.3) is 0 Å². The molecule has 0 heterocycles. The summed E-state index contributed by atoms with van der Waals surface area (Å²) in [5.74, 6) is 2.07. The molecule has 138 valence electrons. The van der Waals surface area contributed by atoms with Gasteiger partial charge in [0.2, 0.25) is 0 Å². The van der Waals surface area contributed by atoms with Crippen molar-refractivity contribution in [3.05, 3.63) is 40.5 Å². The zero-order chi connectivity index (χ0) is 18.9. The number of esters is 1. The van der Waals surface area contributed by atoms with Gasteiger partial charge in [-0.25, -0.2) is 0 Å². The van der Waals surface area contributed by atoms with Crippen LogP contribution in [-0.2, 0) is 4.79 Å². The minimum atomic E-state index is -0.509. The molecule has 1 aliphatic carbocycles. The van der Waals surface area contributed by atoms with Crippen molar-refractivity contribution in [1.29, 1.82) is 0 Å². The molecule has 0 aromatic heterocycles. The summed E-state index contributed by atoms with van der Waals surface area (Å²) in [6.45, 7) is 16.7. The van der Waals surface area contributed by atoms with Crippen molar-refractivity contribution >= 4 is 5.97 Å². The van der Waals surface area contributed by atoms with Gasteiger partial charge < -0.3 is 4.74 Å². The highest BCUT2D eigenvalue weighted by molar-refractivity contribution is 5.78. The summed E-state index contributed by atoms with van der Waals surface area (Å²) >= 11 is 0. The van der Waals surface area contributed by atoms with Crippen LogP contribution >= 0.6 is 0 Å². The summed E-state index contributed by atoms with van der Waals surface area (Å²) in [5, 5.41) is 0. The van der Waals surface area contributed by atoms with Crippen LogP contribution in [0.25, 0.3) is 0 Å². The van der Waals surface area contributed by atoms with Crippen molar-refractivity contribution in [2.45, 2.75) is 74.1 Å². The first-order valence-corrected chi connectivity index (χ1v) is 9.51. The fraction of sp³-hybridized carbons (Fsp3) is 0.609. The molecule has 1 aliphatic rings. The van der Waals surface area contributed by atoms with Gasteiger partial charge in [-0.2, -0.15) is 0 Å². The van der Waals surface area contributed by atoms with Gasteiger partial charge in [-0.05, 0) is 83.4 Å². The Morgan fingerprint density at radius 2 is 1.80 bits per heavy atom. The highest BCUT2D eigenvalue weighted by Crippen LogP contribution is 2.45. The Bertz CT molecular complexity index is 674. The third-order valence-electron chi connectivity index (χ3n) is 5.30. The molecule has 0 spiro atoms. The quantitative estimate of drug-likeness (QED) is 0.363. The van der Waals surface area contributed by atoms with Crippen molar-refractivity contribution in [3.63, 3.8) is 0 Å². The van der Waals surface area contributed by atoms with Crippen molar-refractivity contribution < 1.29 is 9.53 Å². The molecule has 2 atom stereocenters. The van der Waals surface area contributed by atoms with E-state index in [1.54, 1.807) is 0 Å². The number of aryl methyl sites for hydroxylation is 2. The normalized spacial score (nSPS) is 21.2. The molecule has 0 amide bonds. The Kier molecular flexibility index (Phi) is 5.81. The minimum Gasteiger partial charge on any atom is -0.426 e. The lowest BCUT2D eigenvalue weighted by molar-refractivity contribution is -0.143. The van der Waals surface area contributed by atoms with E-state index in [-0.39, 0.29) is 5.97 Å². The summed E-state index contributed by atoms with van der Waals surface area (Å²) < 4.78 is 5.92. The zero-order valence-electron chi connectivity index (χ0n) is 17.2. The van der Waals surface area contributed by atoms with Gasteiger partial charge in [0, 0.05) is 11.5 Å². The van der Waals surface area contributed by atoms with Crippen LogP contribution in [0.1, 0.15) is 77.0 Å². The van der Waals surface area contributed by atoms with Crippen LogP contribution in [0.15, 0.2) is 23.8 Å². The first-order valence-electron chi connectivity index (χ1n) is 9.51. The molecule has 0 aliphatic heterocycles. The van der Waals surface area contributed by atoms with Crippen LogP contribution in [0.5, 0.6) is 5.75 Å². The van der Waals surface area contributed by atoms with E-state index in [0.717, 1.165) is 11.3 Å². The lowest BCUT2D eigenvalue weighted by atomic mass is 9.71. The second-order valence-corrected chi connectivity index (χ2v) is 9.12. The number of ether oxygens (including phenoxy) is 1. The van der Waals surface area contributed by atoms with Gasteiger partial charge in [-0.15, -0.1) is 0 Å². The van der Waals surface area contributed by atoms with Crippen LogP contribution in [0.4, 0.5) is 0 Å². The number of allylic oxidation sites excluding steroid dienone is 2. The molecule has 0 N–H and O–H groups in total. The Labute approximate surface area is 153 Å². The minimum absolute atomic E-state index is 0.170. The molecule has 0 fully saturated rings. The summed E-state index contributed by atoms with van der Waals surface area (Å²) in [4.78, 5) is 12.5. The topological polar surface area (TPSA) is 26.3 Å². The Hall–Kier alpha value is -1.57. The van der Waals surface area contributed by atoms with Crippen molar-refractivity contribution in [2.24, 2.45) is 17.3 Å². The molecule has 0 saturated heterocycles. The molecule has 2 nitrogen and oxygen atoms in total. The molecule has 2 heteroatoms. The van der Waals surface area contributed by atoms with Crippen LogP contribution in [0, 0.1) is 31.1 Å². The van der Waals surface area contributed by atoms with Gasteiger partial charge in [0.1, 0.15) is 5.75 Å². The maximum atomic E-state index is 12.5. The fourth-order valence-corrected chi connectivity index (χ4v) is 3.84. The number of carbonyl (C=O) groups excluding carboxylic acids is 1. The maximum Gasteiger partial charge on any atom is 0.316 e. The Balaban J connectivity index is 2.55. The average molecular weight is 343 g/mol. The van der Waals surface area contributed by atoms with Crippen LogP contribution < -0.4 is 4.74 Å². The largest absolute Gasteiger partial charge is 0.426 e. The van der Waals surface area contributed by atoms with Gasteiger partial charge in [-0.1, -0.05) is 31.6 Å². The number of hydrogen-bond acceptors (Lipinski definition) is 2. The highest BCUT2D eigenvalue weighted by atomic mass is 16.5. The van der Waals surface area contributed by atoms with E-state index in [1.165, 1.54) is 29.5 Å². The SMILES string of the molecule is CC1=CC(c2c(C)cc(C)cc2OC(=O)C(C)(C)C)C(C(C)C)CC1. The zero-order valence-corrected chi connectivity index (χ0v) is 17.2. The first-order chi connectivity index (χ1) is 11.5. The molecule has 1 aromatic carbocycles. The third-order valence-corrected chi connectivity index (χ3v) is 5.30. The highest BCUT2D eigenvalue weighted by Gasteiger charge is 2.32. The average Bonchev–Trinajstić information content (AvgIpc) is 2.45. The van der Waals surface area contributed by atoms with Crippen molar-refractivity contribution in [1.82, 2.24) is 0 Å². The van der Waals surface area contributed by atoms with Gasteiger partial charge in [-0.3, -0.25) is 4.79 Å². The van der Waals surface area contributed by atoms with E-state index in [0.29, 0.717) is 17.8 Å².